The van der Waals surface area contributed by atoms with Crippen molar-refractivity contribution in [3.05, 3.63) is 86.2 Å². The van der Waals surface area contributed by atoms with Gasteiger partial charge >= 0.3 is 6.09 Å². The number of likely N-dealkylation sites (tertiary alicyclic amines) is 1. The smallest absolute Gasteiger partial charge is 0.417 e. The molecule has 4 atom stereocenters. The Morgan fingerprint density at radius 1 is 1.17 bits per heavy atom. The lowest BCUT2D eigenvalue weighted by atomic mass is 9.64. The van der Waals surface area contributed by atoms with Crippen LogP contribution < -0.4 is 4.74 Å². The summed E-state index contributed by atoms with van der Waals surface area (Å²) in [5.74, 6) is -1.26. The van der Waals surface area contributed by atoms with Crippen molar-refractivity contribution in [2.45, 2.75) is 43.7 Å². The molecule has 1 aliphatic heterocycles. The average molecular weight is 529 g/mol. The number of fused-ring (bicyclic) bond motifs is 1. The minimum absolute atomic E-state index is 0.0107. The first kappa shape index (κ1) is 25.9. The van der Waals surface area contributed by atoms with E-state index in [1.807, 2.05) is 24.3 Å². The highest BCUT2D eigenvalue weighted by molar-refractivity contribution is 6.31. The fourth-order valence-electron chi connectivity index (χ4n) is 5.08. The molecule has 0 aromatic heterocycles. The molecule has 10 heteroatoms. The quantitative estimate of drug-likeness (QED) is 0.186. The van der Waals surface area contributed by atoms with E-state index in [2.05, 4.69) is 10.0 Å². The highest BCUT2D eigenvalue weighted by Gasteiger charge is 2.60. The van der Waals surface area contributed by atoms with Crippen LogP contribution in [0.1, 0.15) is 43.7 Å². The maximum Gasteiger partial charge on any atom is 0.417 e. The highest BCUT2D eigenvalue weighted by Crippen LogP contribution is 2.54. The average Bonchev–Trinajstić information content (AvgIpc) is 3.11. The Balaban J connectivity index is 1.89. The van der Waals surface area contributed by atoms with E-state index in [9.17, 15) is 15.1 Å². The van der Waals surface area contributed by atoms with Gasteiger partial charge in [-0.2, -0.15) is 0 Å². The second-order valence-corrected chi connectivity index (χ2v) is 10.7. The van der Waals surface area contributed by atoms with Crippen molar-refractivity contribution in [1.82, 2.24) is 4.90 Å². The maximum absolute atomic E-state index is 13.7. The van der Waals surface area contributed by atoms with Crippen LogP contribution in [0.5, 0.6) is 5.75 Å². The van der Waals surface area contributed by atoms with Gasteiger partial charge in [0.05, 0.1) is 7.11 Å². The molecule has 1 aliphatic carbocycles. The number of carbonyl (C=O) groups excluding carboxylic acids is 2. The molecule has 0 saturated carbocycles. The minimum Gasteiger partial charge on any atom is -0.496 e. The molecule has 1 heterocycles. The standard InChI is InChI=1S/C26H26Cl2N4O4/c1-25(2,3)36-24(34)32-14-20-22(15-5-7-16(27)8-6-15)19(11-12-26(20,23(32)33)30-31-29)18-10-9-17(28)13-21(18)35-4/h5-13,19-20,22H,14H2,1-4H3/t19-,20-,22-,26-/m0/s1. The number of hydrogen-bond donors (Lipinski definition) is 0. The van der Waals surface area contributed by atoms with E-state index < -0.39 is 29.1 Å². The third kappa shape index (κ3) is 4.64. The molecule has 8 nitrogen and oxygen atoms in total. The van der Waals surface area contributed by atoms with E-state index in [1.54, 1.807) is 58.2 Å². The predicted molar refractivity (Wildman–Crippen MR) is 137 cm³/mol. The molecule has 2 aromatic rings. The number of allylic oxidation sites excluding steroid dienone is 1. The van der Waals surface area contributed by atoms with E-state index >= 15 is 0 Å². The van der Waals surface area contributed by atoms with Gasteiger partial charge in [-0.1, -0.05) is 58.7 Å². The van der Waals surface area contributed by atoms with E-state index in [1.165, 1.54) is 0 Å². The van der Waals surface area contributed by atoms with Crippen molar-refractivity contribution in [3.63, 3.8) is 0 Å². The predicted octanol–water partition coefficient (Wildman–Crippen LogP) is 6.88. The first-order valence-corrected chi connectivity index (χ1v) is 12.2. The zero-order chi connectivity index (χ0) is 26.3. The van der Waals surface area contributed by atoms with E-state index in [-0.39, 0.29) is 18.4 Å². The normalized spacial score (nSPS) is 25.2. The van der Waals surface area contributed by atoms with Crippen molar-refractivity contribution in [3.8, 4) is 5.75 Å². The zero-order valence-electron chi connectivity index (χ0n) is 20.3. The lowest BCUT2D eigenvalue weighted by Crippen LogP contribution is -2.46. The fraction of sp³-hybridized carbons (Fsp3) is 0.385. The van der Waals surface area contributed by atoms with Crippen molar-refractivity contribution < 1.29 is 19.1 Å². The second kappa shape index (κ2) is 9.69. The van der Waals surface area contributed by atoms with Gasteiger partial charge in [0.15, 0.2) is 5.54 Å². The highest BCUT2D eigenvalue weighted by atomic mass is 35.5. The van der Waals surface area contributed by atoms with Crippen LogP contribution in [0.2, 0.25) is 10.0 Å². The number of nitrogens with zero attached hydrogens (tertiary/aromatic N) is 4. The second-order valence-electron chi connectivity index (χ2n) is 9.87. The van der Waals surface area contributed by atoms with Gasteiger partial charge in [0, 0.05) is 44.8 Å². The van der Waals surface area contributed by atoms with Gasteiger partial charge in [-0.3, -0.25) is 4.79 Å². The van der Waals surface area contributed by atoms with Gasteiger partial charge in [-0.15, -0.1) is 0 Å². The van der Waals surface area contributed by atoms with Crippen LogP contribution in [0, 0.1) is 5.92 Å². The molecule has 4 rings (SSSR count). The molecule has 1 fully saturated rings. The number of amides is 2. The summed E-state index contributed by atoms with van der Waals surface area (Å²) in [4.78, 5) is 30.7. The van der Waals surface area contributed by atoms with Crippen molar-refractivity contribution in [2.75, 3.05) is 13.7 Å². The summed E-state index contributed by atoms with van der Waals surface area (Å²) >= 11 is 12.4. The third-order valence-electron chi connectivity index (χ3n) is 6.54. The molecular weight excluding hydrogens is 503 g/mol. The Labute approximate surface area is 219 Å². The number of azide groups is 1. The summed E-state index contributed by atoms with van der Waals surface area (Å²) in [6, 6.07) is 12.7. The molecular formula is C26H26Cl2N4O4. The number of carbonyl (C=O) groups is 2. The van der Waals surface area contributed by atoms with E-state index in [4.69, 9.17) is 32.7 Å². The number of methoxy groups -OCH3 is 1. The van der Waals surface area contributed by atoms with Crippen LogP contribution >= 0.6 is 23.2 Å². The first-order valence-electron chi connectivity index (χ1n) is 11.4. The van der Waals surface area contributed by atoms with Crippen LogP contribution in [0.15, 0.2) is 59.7 Å². The van der Waals surface area contributed by atoms with Crippen molar-refractivity contribution in [2.24, 2.45) is 11.0 Å². The van der Waals surface area contributed by atoms with Crippen LogP contribution in [0.25, 0.3) is 10.4 Å². The number of rotatable bonds is 4. The molecule has 0 bridgehead atoms. The topological polar surface area (TPSA) is 105 Å². The summed E-state index contributed by atoms with van der Waals surface area (Å²) < 4.78 is 11.1. The van der Waals surface area contributed by atoms with Gasteiger partial charge in [0.2, 0.25) is 5.91 Å². The van der Waals surface area contributed by atoms with E-state index in [0.717, 1.165) is 16.0 Å². The van der Waals surface area contributed by atoms with Crippen LogP contribution in [0.4, 0.5) is 4.79 Å². The van der Waals surface area contributed by atoms with Crippen molar-refractivity contribution >= 4 is 35.2 Å². The monoisotopic (exact) mass is 528 g/mol. The fourth-order valence-corrected chi connectivity index (χ4v) is 5.37. The molecule has 36 heavy (non-hydrogen) atoms. The number of halogens is 2. The maximum atomic E-state index is 13.7. The molecule has 1 saturated heterocycles. The summed E-state index contributed by atoms with van der Waals surface area (Å²) in [5, 5.41) is 5.06. The van der Waals surface area contributed by atoms with Gasteiger partial charge < -0.3 is 9.47 Å². The Morgan fingerprint density at radius 3 is 2.44 bits per heavy atom. The zero-order valence-corrected chi connectivity index (χ0v) is 21.8. The van der Waals surface area contributed by atoms with Crippen molar-refractivity contribution in [1.29, 1.82) is 0 Å². The molecule has 2 amide bonds. The van der Waals surface area contributed by atoms with Crippen LogP contribution in [-0.4, -0.2) is 41.7 Å². The molecule has 0 spiro atoms. The Morgan fingerprint density at radius 2 is 1.83 bits per heavy atom. The molecule has 2 aromatic carbocycles. The molecule has 0 N–H and O–H groups in total. The summed E-state index contributed by atoms with van der Waals surface area (Å²) in [7, 11) is 1.56. The largest absolute Gasteiger partial charge is 0.496 e. The number of imide groups is 1. The lowest BCUT2D eigenvalue weighted by Gasteiger charge is -2.40. The first-order chi connectivity index (χ1) is 17.0. The van der Waals surface area contributed by atoms with E-state index in [0.29, 0.717) is 15.8 Å². The molecule has 0 radical (unpaired) electrons. The summed E-state index contributed by atoms with van der Waals surface area (Å²) in [6.07, 6.45) is 2.67. The van der Waals surface area contributed by atoms with Gasteiger partial charge in [-0.05, 0) is 56.1 Å². The SMILES string of the molecule is COc1cc(Cl)ccc1[C@@H]1C=C[C@@]2(N=[N+]=[N-])C(=O)N(C(=O)OC(C)(C)C)C[C@H]2[C@H]1c1ccc(Cl)cc1. The number of ether oxygens (including phenoxy) is 2. The van der Waals surface area contributed by atoms with Gasteiger partial charge in [-0.25, -0.2) is 9.69 Å². The van der Waals surface area contributed by atoms with Gasteiger partial charge in [0.25, 0.3) is 0 Å². The number of benzene rings is 2. The lowest BCUT2D eigenvalue weighted by molar-refractivity contribution is -0.130. The molecule has 188 valence electrons. The summed E-state index contributed by atoms with van der Waals surface area (Å²) in [5.41, 5.74) is 8.78. The number of hydrogen-bond acceptors (Lipinski definition) is 5. The Bertz CT molecular complexity index is 1270. The molecule has 0 unspecified atom stereocenters. The minimum atomic E-state index is -1.59. The summed E-state index contributed by atoms with van der Waals surface area (Å²) in [6.45, 7) is 5.18. The Kier molecular flexibility index (Phi) is 6.97. The van der Waals surface area contributed by atoms with Crippen LogP contribution in [-0.2, 0) is 9.53 Å². The Hall–Kier alpha value is -3.19. The van der Waals surface area contributed by atoms with Crippen LogP contribution in [0.3, 0.4) is 0 Å². The van der Waals surface area contributed by atoms with Gasteiger partial charge in [0.1, 0.15) is 11.4 Å². The third-order valence-corrected chi connectivity index (χ3v) is 7.03. The molecule has 2 aliphatic rings.